The van der Waals surface area contributed by atoms with Crippen LogP contribution in [0.15, 0.2) is 71.2 Å². The quantitative estimate of drug-likeness (QED) is 0.428. The van der Waals surface area contributed by atoms with E-state index in [-0.39, 0.29) is 5.56 Å². The average molecular weight is 427 g/mol. The van der Waals surface area contributed by atoms with E-state index in [4.69, 9.17) is 0 Å². The molecule has 1 aromatic heterocycles. The molecule has 0 radical (unpaired) electrons. The van der Waals surface area contributed by atoms with Crippen LogP contribution < -0.4 is 5.32 Å². The fourth-order valence-electron chi connectivity index (χ4n) is 2.62. The summed E-state index contributed by atoms with van der Waals surface area (Å²) in [7, 11) is 0. The minimum absolute atomic E-state index is 0.00525. The number of thiazole rings is 1. The number of hydrogen-bond donors (Lipinski definition) is 1. The molecular weight excluding hydrogens is 415 g/mol. The number of anilines is 1. The molecule has 0 aliphatic rings. The Balaban J connectivity index is 1.75. The number of benzene rings is 3. The summed E-state index contributed by atoms with van der Waals surface area (Å²) in [5.41, 5.74) is 2.27. The molecular formula is C20H12BrFN2OS. The first-order valence-electron chi connectivity index (χ1n) is 7.83. The van der Waals surface area contributed by atoms with Crippen molar-refractivity contribution in [2.75, 3.05) is 5.32 Å². The molecule has 0 spiro atoms. The van der Waals surface area contributed by atoms with Gasteiger partial charge in [-0.2, -0.15) is 0 Å². The molecule has 0 bridgehead atoms. The van der Waals surface area contributed by atoms with Crippen molar-refractivity contribution in [1.29, 1.82) is 0 Å². The smallest absolute Gasteiger partial charge is 0.258 e. The van der Waals surface area contributed by atoms with Gasteiger partial charge in [0.15, 0.2) is 0 Å². The first kappa shape index (κ1) is 16.9. The lowest BCUT2D eigenvalue weighted by atomic mass is 10.1. The first-order chi connectivity index (χ1) is 12.6. The summed E-state index contributed by atoms with van der Waals surface area (Å²) in [6, 6.07) is 19.3. The normalized spacial score (nSPS) is 10.8. The topological polar surface area (TPSA) is 42.0 Å². The van der Waals surface area contributed by atoms with Crippen molar-refractivity contribution in [2.24, 2.45) is 0 Å². The fraction of sp³-hybridized carbons (Fsp3) is 0. The van der Waals surface area contributed by atoms with Gasteiger partial charge in [0.2, 0.25) is 0 Å². The maximum Gasteiger partial charge on any atom is 0.258 e. The largest absolute Gasteiger partial charge is 0.321 e. The minimum atomic E-state index is -0.552. The highest BCUT2D eigenvalue weighted by Gasteiger charge is 2.16. The van der Waals surface area contributed by atoms with E-state index >= 15 is 0 Å². The van der Waals surface area contributed by atoms with E-state index in [0.717, 1.165) is 25.3 Å². The number of para-hydroxylation sites is 1. The van der Waals surface area contributed by atoms with Gasteiger partial charge in [-0.15, -0.1) is 11.3 Å². The van der Waals surface area contributed by atoms with E-state index in [1.54, 1.807) is 29.5 Å². The molecule has 4 rings (SSSR count). The van der Waals surface area contributed by atoms with Crippen molar-refractivity contribution in [3.8, 4) is 10.6 Å². The third-order valence-corrected chi connectivity index (χ3v) is 5.44. The summed E-state index contributed by atoms with van der Waals surface area (Å²) < 4.78 is 15.8. The summed E-state index contributed by atoms with van der Waals surface area (Å²) in [6.07, 6.45) is 0. The van der Waals surface area contributed by atoms with Crippen molar-refractivity contribution in [3.05, 3.63) is 82.6 Å². The van der Waals surface area contributed by atoms with Crippen molar-refractivity contribution in [2.45, 2.75) is 0 Å². The molecule has 0 unspecified atom stereocenters. The Labute approximate surface area is 161 Å². The van der Waals surface area contributed by atoms with Crippen LogP contribution in [-0.2, 0) is 0 Å². The Morgan fingerprint density at radius 2 is 1.81 bits per heavy atom. The lowest BCUT2D eigenvalue weighted by Crippen LogP contribution is -2.14. The van der Waals surface area contributed by atoms with Gasteiger partial charge < -0.3 is 5.32 Å². The van der Waals surface area contributed by atoms with Crippen LogP contribution in [-0.4, -0.2) is 10.9 Å². The Morgan fingerprint density at radius 3 is 2.62 bits per heavy atom. The number of halogens is 2. The Morgan fingerprint density at radius 1 is 1.04 bits per heavy atom. The Bertz CT molecular complexity index is 1090. The second-order valence-corrected chi connectivity index (χ2v) is 7.56. The van der Waals surface area contributed by atoms with Crippen molar-refractivity contribution in [3.63, 3.8) is 0 Å². The van der Waals surface area contributed by atoms with Crippen LogP contribution in [0.25, 0.3) is 20.8 Å². The van der Waals surface area contributed by atoms with Crippen LogP contribution >= 0.6 is 27.3 Å². The summed E-state index contributed by atoms with van der Waals surface area (Å²) in [4.78, 5) is 17.2. The van der Waals surface area contributed by atoms with Crippen molar-refractivity contribution < 1.29 is 9.18 Å². The molecule has 0 fully saturated rings. The van der Waals surface area contributed by atoms with Gasteiger partial charge in [0.1, 0.15) is 10.8 Å². The zero-order valence-corrected chi connectivity index (χ0v) is 15.8. The maximum absolute atomic E-state index is 13.9. The monoisotopic (exact) mass is 426 g/mol. The molecule has 3 aromatic carbocycles. The van der Waals surface area contributed by atoms with E-state index in [1.165, 1.54) is 12.1 Å². The second kappa shape index (κ2) is 6.97. The van der Waals surface area contributed by atoms with E-state index in [2.05, 4.69) is 26.2 Å². The zero-order chi connectivity index (χ0) is 18.1. The van der Waals surface area contributed by atoms with E-state index in [1.807, 2.05) is 36.4 Å². The highest BCUT2D eigenvalue weighted by molar-refractivity contribution is 9.10. The summed E-state index contributed by atoms with van der Waals surface area (Å²) in [6.45, 7) is 0. The van der Waals surface area contributed by atoms with E-state index in [9.17, 15) is 9.18 Å². The van der Waals surface area contributed by atoms with Gasteiger partial charge >= 0.3 is 0 Å². The van der Waals surface area contributed by atoms with Gasteiger partial charge in [0.05, 0.1) is 21.5 Å². The van der Waals surface area contributed by atoms with Gasteiger partial charge in [-0.3, -0.25) is 4.79 Å². The highest BCUT2D eigenvalue weighted by Crippen LogP contribution is 2.36. The summed E-state index contributed by atoms with van der Waals surface area (Å²) in [5, 5.41) is 3.59. The predicted molar refractivity (Wildman–Crippen MR) is 107 cm³/mol. The molecule has 0 aliphatic carbocycles. The lowest BCUT2D eigenvalue weighted by Gasteiger charge is -2.10. The van der Waals surface area contributed by atoms with Gasteiger partial charge in [-0.1, -0.05) is 40.2 Å². The number of nitrogens with zero attached hydrogens (tertiary/aromatic N) is 1. The van der Waals surface area contributed by atoms with Crippen molar-refractivity contribution in [1.82, 2.24) is 4.98 Å². The SMILES string of the molecule is O=C(Nc1ccc(Br)cc1-c1nc2ccccc2s1)c1ccccc1F. The Kier molecular flexibility index (Phi) is 4.53. The molecule has 0 saturated carbocycles. The molecule has 6 heteroatoms. The number of carbonyl (C=O) groups excluding carboxylic acids is 1. The van der Waals surface area contributed by atoms with E-state index in [0.29, 0.717) is 5.69 Å². The number of aromatic nitrogens is 1. The minimum Gasteiger partial charge on any atom is -0.321 e. The van der Waals surface area contributed by atoms with Gasteiger partial charge in [0, 0.05) is 10.0 Å². The highest BCUT2D eigenvalue weighted by atomic mass is 79.9. The summed E-state index contributed by atoms with van der Waals surface area (Å²) >= 11 is 5.01. The molecule has 128 valence electrons. The van der Waals surface area contributed by atoms with Crippen LogP contribution in [0, 0.1) is 5.82 Å². The zero-order valence-electron chi connectivity index (χ0n) is 13.4. The van der Waals surface area contributed by atoms with Crippen molar-refractivity contribution >= 4 is 49.1 Å². The molecule has 26 heavy (non-hydrogen) atoms. The fourth-order valence-corrected chi connectivity index (χ4v) is 3.98. The number of nitrogens with one attached hydrogen (secondary N) is 1. The molecule has 0 atom stereocenters. The maximum atomic E-state index is 13.9. The van der Waals surface area contributed by atoms with Crippen LogP contribution in [0.4, 0.5) is 10.1 Å². The average Bonchev–Trinajstić information content (AvgIpc) is 3.07. The number of fused-ring (bicyclic) bond motifs is 1. The molecule has 1 amide bonds. The lowest BCUT2D eigenvalue weighted by molar-refractivity contribution is 0.102. The molecule has 4 aromatic rings. The number of rotatable bonds is 3. The number of carbonyl (C=O) groups is 1. The molecule has 1 heterocycles. The third kappa shape index (κ3) is 3.25. The number of amides is 1. The van der Waals surface area contributed by atoms with Crippen LogP contribution in [0.1, 0.15) is 10.4 Å². The second-order valence-electron chi connectivity index (χ2n) is 5.61. The first-order valence-corrected chi connectivity index (χ1v) is 9.44. The van der Waals surface area contributed by atoms with Gasteiger partial charge in [-0.05, 0) is 42.5 Å². The molecule has 1 N–H and O–H groups in total. The van der Waals surface area contributed by atoms with Crippen LogP contribution in [0.5, 0.6) is 0 Å². The molecule has 0 saturated heterocycles. The van der Waals surface area contributed by atoms with Gasteiger partial charge in [0.25, 0.3) is 5.91 Å². The van der Waals surface area contributed by atoms with Gasteiger partial charge in [-0.25, -0.2) is 9.37 Å². The molecule has 3 nitrogen and oxygen atoms in total. The van der Waals surface area contributed by atoms with E-state index < -0.39 is 11.7 Å². The predicted octanol–water partition coefficient (Wildman–Crippen LogP) is 6.12. The third-order valence-electron chi connectivity index (χ3n) is 3.87. The standard InChI is InChI=1S/C20H12BrFN2OS/c21-12-9-10-16(23-19(25)13-5-1-2-6-15(13)22)14(11-12)20-24-17-7-3-4-8-18(17)26-20/h1-11H,(H,23,25). The summed E-state index contributed by atoms with van der Waals surface area (Å²) in [5.74, 6) is -1.04. The van der Waals surface area contributed by atoms with Crippen LogP contribution in [0.2, 0.25) is 0 Å². The van der Waals surface area contributed by atoms with Crippen LogP contribution in [0.3, 0.4) is 0 Å². The molecule has 0 aliphatic heterocycles. The Hall–Kier alpha value is -2.57. The number of hydrogen-bond acceptors (Lipinski definition) is 3.